The van der Waals surface area contributed by atoms with Gasteiger partial charge in [-0.1, -0.05) is 13.8 Å². The van der Waals surface area contributed by atoms with Crippen molar-refractivity contribution in [2.75, 3.05) is 12.4 Å². The minimum absolute atomic E-state index is 0.461. The first kappa shape index (κ1) is 8.41. The lowest BCUT2D eigenvalue weighted by Gasteiger charge is -2.17. The van der Waals surface area contributed by atoms with Gasteiger partial charge in [-0.2, -0.15) is 0 Å². The lowest BCUT2D eigenvalue weighted by molar-refractivity contribution is 0.0856. The molecule has 0 saturated carbocycles. The van der Waals surface area contributed by atoms with Crippen LogP contribution in [-0.4, -0.2) is 17.8 Å². The van der Waals surface area contributed by atoms with E-state index in [-0.39, 0.29) is 0 Å². The van der Waals surface area contributed by atoms with E-state index in [0.717, 1.165) is 6.61 Å². The van der Waals surface area contributed by atoms with Gasteiger partial charge < -0.3 is 4.74 Å². The minimum Gasteiger partial charge on any atom is -0.367 e. The van der Waals surface area contributed by atoms with Crippen molar-refractivity contribution >= 4 is 11.8 Å². The zero-order valence-corrected chi connectivity index (χ0v) is 7.62. The number of hydrogen-bond acceptors (Lipinski definition) is 2. The average molecular weight is 160 g/mol. The Morgan fingerprint density at radius 2 is 2.20 bits per heavy atom. The molecule has 60 valence electrons. The molecular weight excluding hydrogens is 144 g/mol. The molecule has 0 N–H and O–H groups in total. The highest BCUT2D eigenvalue weighted by atomic mass is 32.2. The van der Waals surface area contributed by atoms with Crippen LogP contribution in [0.25, 0.3) is 0 Å². The van der Waals surface area contributed by atoms with Crippen molar-refractivity contribution in [3.05, 3.63) is 0 Å². The van der Waals surface area contributed by atoms with Gasteiger partial charge in [0.15, 0.2) is 0 Å². The van der Waals surface area contributed by atoms with Crippen molar-refractivity contribution < 1.29 is 4.74 Å². The third-order valence-corrected chi connectivity index (χ3v) is 3.18. The van der Waals surface area contributed by atoms with Crippen LogP contribution < -0.4 is 0 Å². The van der Waals surface area contributed by atoms with E-state index < -0.39 is 0 Å². The van der Waals surface area contributed by atoms with Crippen LogP contribution in [0.4, 0.5) is 0 Å². The lowest BCUT2D eigenvalue weighted by atomic mass is 10.2. The first-order valence-electron chi connectivity index (χ1n) is 4.04. The smallest absolute Gasteiger partial charge is 0.105 e. The Morgan fingerprint density at radius 1 is 1.40 bits per heavy atom. The normalized spacial score (nSPS) is 28.5. The fourth-order valence-corrected chi connectivity index (χ4v) is 2.22. The maximum absolute atomic E-state index is 5.63. The molecule has 1 rings (SSSR count). The standard InChI is InChI=1S/C8H16OS/c1-7(2)8-9-5-3-4-6-10-8/h7-8H,3-6H2,1-2H3/t8-/m0/s1. The summed E-state index contributed by atoms with van der Waals surface area (Å²) in [6.45, 7) is 5.42. The van der Waals surface area contributed by atoms with E-state index in [1.807, 2.05) is 11.8 Å². The maximum Gasteiger partial charge on any atom is 0.105 e. The van der Waals surface area contributed by atoms with Crippen LogP contribution in [0.15, 0.2) is 0 Å². The van der Waals surface area contributed by atoms with Crippen molar-refractivity contribution in [2.24, 2.45) is 5.92 Å². The number of rotatable bonds is 1. The molecule has 1 heterocycles. The molecular formula is C8H16OS. The number of ether oxygens (including phenoxy) is 1. The highest BCUT2D eigenvalue weighted by Crippen LogP contribution is 2.24. The van der Waals surface area contributed by atoms with Gasteiger partial charge in [-0.25, -0.2) is 0 Å². The Kier molecular flexibility index (Phi) is 3.57. The molecule has 0 unspecified atom stereocenters. The Balaban J connectivity index is 2.28. The first-order valence-corrected chi connectivity index (χ1v) is 5.09. The van der Waals surface area contributed by atoms with Gasteiger partial charge in [0.25, 0.3) is 0 Å². The molecule has 1 saturated heterocycles. The van der Waals surface area contributed by atoms with Gasteiger partial charge in [0.2, 0.25) is 0 Å². The van der Waals surface area contributed by atoms with Crippen LogP contribution in [0.3, 0.4) is 0 Å². The molecule has 0 bridgehead atoms. The Labute approximate surface area is 67.5 Å². The molecule has 1 aliphatic rings. The summed E-state index contributed by atoms with van der Waals surface area (Å²) in [7, 11) is 0. The molecule has 10 heavy (non-hydrogen) atoms. The van der Waals surface area contributed by atoms with Gasteiger partial charge in [0.1, 0.15) is 5.44 Å². The highest BCUT2D eigenvalue weighted by molar-refractivity contribution is 7.99. The predicted molar refractivity (Wildman–Crippen MR) is 46.3 cm³/mol. The molecule has 0 amide bonds. The fraction of sp³-hybridized carbons (Fsp3) is 1.00. The highest BCUT2D eigenvalue weighted by Gasteiger charge is 2.15. The van der Waals surface area contributed by atoms with Crippen LogP contribution in [0.1, 0.15) is 26.7 Å². The Hall–Kier alpha value is 0.310. The molecule has 1 aliphatic heterocycles. The molecule has 0 aromatic rings. The summed E-state index contributed by atoms with van der Waals surface area (Å²) in [5.74, 6) is 1.95. The minimum atomic E-state index is 0.461. The second-order valence-electron chi connectivity index (χ2n) is 3.06. The van der Waals surface area contributed by atoms with Crippen LogP contribution in [0, 0.1) is 5.92 Å². The molecule has 0 aliphatic carbocycles. The largest absolute Gasteiger partial charge is 0.367 e. The predicted octanol–water partition coefficient (Wildman–Crippen LogP) is 2.51. The SMILES string of the molecule is CC(C)[C@H]1OCCCCS1. The van der Waals surface area contributed by atoms with Crippen molar-refractivity contribution in [2.45, 2.75) is 32.1 Å². The van der Waals surface area contributed by atoms with Crippen LogP contribution in [0.2, 0.25) is 0 Å². The molecule has 0 aromatic heterocycles. The van der Waals surface area contributed by atoms with Gasteiger partial charge in [0, 0.05) is 6.61 Å². The molecule has 0 radical (unpaired) electrons. The van der Waals surface area contributed by atoms with E-state index in [4.69, 9.17) is 4.74 Å². The van der Waals surface area contributed by atoms with Crippen LogP contribution >= 0.6 is 11.8 Å². The van der Waals surface area contributed by atoms with Gasteiger partial charge in [-0.3, -0.25) is 0 Å². The van der Waals surface area contributed by atoms with Gasteiger partial charge >= 0.3 is 0 Å². The molecule has 1 atom stereocenters. The number of thioether (sulfide) groups is 1. The van der Waals surface area contributed by atoms with E-state index in [2.05, 4.69) is 13.8 Å². The van der Waals surface area contributed by atoms with Crippen molar-refractivity contribution in [3.8, 4) is 0 Å². The Morgan fingerprint density at radius 3 is 2.90 bits per heavy atom. The second-order valence-corrected chi connectivity index (χ2v) is 4.27. The van der Waals surface area contributed by atoms with Crippen LogP contribution in [0.5, 0.6) is 0 Å². The third kappa shape index (κ3) is 2.51. The Bertz CT molecular complexity index is 85.3. The maximum atomic E-state index is 5.63. The summed E-state index contributed by atoms with van der Waals surface area (Å²) in [6.07, 6.45) is 2.57. The first-order chi connectivity index (χ1) is 4.80. The third-order valence-electron chi connectivity index (χ3n) is 1.65. The quantitative estimate of drug-likeness (QED) is 0.583. The van der Waals surface area contributed by atoms with E-state index in [1.165, 1.54) is 18.6 Å². The topological polar surface area (TPSA) is 9.23 Å². The van der Waals surface area contributed by atoms with E-state index in [1.54, 1.807) is 0 Å². The zero-order chi connectivity index (χ0) is 7.40. The van der Waals surface area contributed by atoms with Crippen LogP contribution in [-0.2, 0) is 4.74 Å². The summed E-state index contributed by atoms with van der Waals surface area (Å²) in [5.41, 5.74) is 0.461. The average Bonchev–Trinajstić information content (AvgIpc) is 2.12. The monoisotopic (exact) mass is 160 g/mol. The fourth-order valence-electron chi connectivity index (χ4n) is 1.04. The summed E-state index contributed by atoms with van der Waals surface area (Å²) < 4.78 is 5.63. The van der Waals surface area contributed by atoms with E-state index in [0.29, 0.717) is 11.4 Å². The van der Waals surface area contributed by atoms with E-state index in [9.17, 15) is 0 Å². The van der Waals surface area contributed by atoms with Crippen molar-refractivity contribution in [3.63, 3.8) is 0 Å². The summed E-state index contributed by atoms with van der Waals surface area (Å²) in [4.78, 5) is 0. The molecule has 0 aromatic carbocycles. The van der Waals surface area contributed by atoms with Gasteiger partial charge in [-0.05, 0) is 24.5 Å². The lowest BCUT2D eigenvalue weighted by Crippen LogP contribution is -2.14. The summed E-state index contributed by atoms with van der Waals surface area (Å²) >= 11 is 1.97. The van der Waals surface area contributed by atoms with E-state index >= 15 is 0 Å². The van der Waals surface area contributed by atoms with Crippen molar-refractivity contribution in [1.29, 1.82) is 0 Å². The number of hydrogen-bond donors (Lipinski definition) is 0. The molecule has 2 heteroatoms. The van der Waals surface area contributed by atoms with Gasteiger partial charge in [0.05, 0.1) is 0 Å². The van der Waals surface area contributed by atoms with Gasteiger partial charge in [-0.15, -0.1) is 11.8 Å². The molecule has 1 nitrogen and oxygen atoms in total. The molecule has 1 fully saturated rings. The summed E-state index contributed by atoms with van der Waals surface area (Å²) in [5, 5.41) is 0. The zero-order valence-electron chi connectivity index (χ0n) is 6.80. The summed E-state index contributed by atoms with van der Waals surface area (Å²) in [6, 6.07) is 0. The molecule has 0 spiro atoms. The van der Waals surface area contributed by atoms with Crippen molar-refractivity contribution in [1.82, 2.24) is 0 Å². The second kappa shape index (κ2) is 4.24.